The van der Waals surface area contributed by atoms with E-state index in [1.807, 2.05) is 30.3 Å². The molecule has 0 bridgehead atoms. The van der Waals surface area contributed by atoms with E-state index in [0.717, 1.165) is 5.56 Å². The number of hydrazone groups is 1. The first-order valence-corrected chi connectivity index (χ1v) is 7.85. The molecule has 0 radical (unpaired) electrons. The number of anilines is 1. The summed E-state index contributed by atoms with van der Waals surface area (Å²) in [6.45, 7) is 0. The van der Waals surface area contributed by atoms with Gasteiger partial charge < -0.3 is 0 Å². The summed E-state index contributed by atoms with van der Waals surface area (Å²) >= 11 is 1.32. The van der Waals surface area contributed by atoms with Crippen LogP contribution in [0.2, 0.25) is 0 Å². The average Bonchev–Trinajstić information content (AvgIpc) is 3.14. The van der Waals surface area contributed by atoms with Crippen LogP contribution in [0, 0.1) is 11.3 Å². The van der Waals surface area contributed by atoms with Gasteiger partial charge in [0, 0.05) is 23.3 Å². The summed E-state index contributed by atoms with van der Waals surface area (Å²) in [5, 5.41) is 15.3. The number of aromatic nitrogens is 2. The Balaban J connectivity index is 1.80. The maximum absolute atomic E-state index is 12.4. The number of rotatable bonds is 5. The quantitative estimate of drug-likeness (QED) is 0.439. The van der Waals surface area contributed by atoms with Crippen molar-refractivity contribution in [2.24, 2.45) is 5.10 Å². The van der Waals surface area contributed by atoms with Crippen LogP contribution in [0.5, 0.6) is 0 Å². The Morgan fingerprint density at radius 2 is 2.04 bits per heavy atom. The lowest BCUT2D eigenvalue weighted by atomic mass is 10.2. The van der Waals surface area contributed by atoms with Crippen LogP contribution in [-0.2, 0) is 0 Å². The molecule has 0 aliphatic carbocycles. The van der Waals surface area contributed by atoms with E-state index in [-0.39, 0.29) is 11.4 Å². The van der Waals surface area contributed by atoms with Crippen LogP contribution in [0.4, 0.5) is 5.69 Å². The SMILES string of the molecule is N#C/C(=N/Nc1ccccc1)C(=O)c1csc(-c2cccnc2)n1. The van der Waals surface area contributed by atoms with Crippen LogP contribution >= 0.6 is 11.3 Å². The van der Waals surface area contributed by atoms with Crippen molar-refractivity contribution in [3.63, 3.8) is 0 Å². The summed E-state index contributed by atoms with van der Waals surface area (Å²) in [5.74, 6) is -0.521. The first-order chi connectivity index (χ1) is 11.8. The minimum atomic E-state index is -0.521. The summed E-state index contributed by atoms with van der Waals surface area (Å²) in [6, 6.07) is 14.5. The molecule has 3 aromatic rings. The van der Waals surface area contributed by atoms with Gasteiger partial charge in [0.15, 0.2) is 0 Å². The third kappa shape index (κ3) is 3.51. The van der Waals surface area contributed by atoms with Crippen molar-refractivity contribution in [1.29, 1.82) is 5.26 Å². The summed E-state index contributed by atoms with van der Waals surface area (Å²) in [6.07, 6.45) is 3.34. The molecule has 1 N–H and O–H groups in total. The van der Waals surface area contributed by atoms with Crippen molar-refractivity contribution >= 4 is 28.5 Å². The molecule has 0 atom stereocenters. The summed E-state index contributed by atoms with van der Waals surface area (Å²) in [5.41, 5.74) is 4.14. The smallest absolute Gasteiger partial charge is 0.243 e. The van der Waals surface area contributed by atoms with E-state index in [0.29, 0.717) is 10.7 Å². The molecule has 0 unspecified atom stereocenters. The Kier molecular flexibility index (Phi) is 4.70. The molecule has 3 rings (SSSR count). The Morgan fingerprint density at radius 1 is 1.21 bits per heavy atom. The average molecular weight is 333 g/mol. The second-order valence-corrected chi connectivity index (χ2v) is 5.52. The second-order valence-electron chi connectivity index (χ2n) is 4.66. The number of hydrogen-bond acceptors (Lipinski definition) is 7. The number of carbonyl (C=O) groups excluding carboxylic acids is 1. The summed E-state index contributed by atoms with van der Waals surface area (Å²) < 4.78 is 0. The standard InChI is InChI=1S/C17H11N5OS/c18-9-14(22-21-13-6-2-1-3-7-13)16(23)15-11-24-17(20-15)12-5-4-8-19-10-12/h1-8,10-11,21H/b22-14-. The molecule has 0 saturated heterocycles. The molecule has 2 aromatic heterocycles. The van der Waals surface area contributed by atoms with E-state index in [2.05, 4.69) is 20.5 Å². The Hall–Kier alpha value is -3.37. The van der Waals surface area contributed by atoms with Crippen molar-refractivity contribution in [3.05, 3.63) is 65.9 Å². The molecule has 0 spiro atoms. The lowest BCUT2D eigenvalue weighted by Crippen LogP contribution is -2.14. The number of carbonyl (C=O) groups is 1. The number of nitrogens with one attached hydrogen (secondary N) is 1. The van der Waals surface area contributed by atoms with Crippen LogP contribution in [0.3, 0.4) is 0 Å². The first kappa shape index (κ1) is 15.5. The van der Waals surface area contributed by atoms with Crippen LogP contribution in [-0.4, -0.2) is 21.5 Å². The highest BCUT2D eigenvalue weighted by molar-refractivity contribution is 7.13. The molecule has 116 valence electrons. The molecular weight excluding hydrogens is 322 g/mol. The predicted octanol–water partition coefficient (Wildman–Crippen LogP) is 3.38. The second kappa shape index (κ2) is 7.26. The highest BCUT2D eigenvalue weighted by Gasteiger charge is 2.18. The molecular formula is C17H11N5OS. The van der Waals surface area contributed by atoms with Crippen LogP contribution < -0.4 is 5.43 Å². The summed E-state index contributed by atoms with van der Waals surface area (Å²) in [7, 11) is 0. The lowest BCUT2D eigenvalue weighted by molar-refractivity contribution is 0.106. The van der Waals surface area contributed by atoms with Gasteiger partial charge in [-0.3, -0.25) is 15.2 Å². The number of pyridine rings is 1. The molecule has 6 nitrogen and oxygen atoms in total. The fourth-order valence-electron chi connectivity index (χ4n) is 1.88. The highest BCUT2D eigenvalue weighted by Crippen LogP contribution is 2.23. The molecule has 24 heavy (non-hydrogen) atoms. The van der Waals surface area contributed by atoms with Crippen molar-refractivity contribution < 1.29 is 4.79 Å². The first-order valence-electron chi connectivity index (χ1n) is 6.97. The Morgan fingerprint density at radius 3 is 2.75 bits per heavy atom. The highest BCUT2D eigenvalue weighted by atomic mass is 32.1. The lowest BCUT2D eigenvalue weighted by Gasteiger charge is -1.99. The normalized spacial score (nSPS) is 10.9. The molecule has 0 fully saturated rings. The zero-order valence-corrected chi connectivity index (χ0v) is 13.2. The zero-order chi connectivity index (χ0) is 16.8. The fourth-order valence-corrected chi connectivity index (χ4v) is 2.67. The van der Waals surface area contributed by atoms with Crippen molar-refractivity contribution in [3.8, 4) is 16.6 Å². The molecule has 0 aliphatic heterocycles. The molecule has 0 saturated carbocycles. The maximum Gasteiger partial charge on any atom is 0.243 e. The van der Waals surface area contributed by atoms with Gasteiger partial charge in [0.2, 0.25) is 11.5 Å². The number of nitrogens with zero attached hydrogens (tertiary/aromatic N) is 4. The number of nitriles is 1. The molecule has 0 amide bonds. The van der Waals surface area contributed by atoms with E-state index >= 15 is 0 Å². The summed E-state index contributed by atoms with van der Waals surface area (Å²) in [4.78, 5) is 20.7. The van der Waals surface area contributed by atoms with E-state index in [4.69, 9.17) is 0 Å². The zero-order valence-electron chi connectivity index (χ0n) is 12.4. The van der Waals surface area contributed by atoms with Crippen molar-refractivity contribution in [2.75, 3.05) is 5.43 Å². The van der Waals surface area contributed by atoms with E-state index in [1.165, 1.54) is 11.3 Å². The largest absolute Gasteiger partial charge is 0.284 e. The van der Waals surface area contributed by atoms with Gasteiger partial charge in [0.1, 0.15) is 16.8 Å². The van der Waals surface area contributed by atoms with Gasteiger partial charge in [0.05, 0.1) is 5.69 Å². The van der Waals surface area contributed by atoms with Gasteiger partial charge in [0.25, 0.3) is 0 Å². The number of hydrogen-bond donors (Lipinski definition) is 1. The van der Waals surface area contributed by atoms with Crippen LogP contribution in [0.25, 0.3) is 10.6 Å². The topological polar surface area (TPSA) is 91.0 Å². The van der Waals surface area contributed by atoms with Gasteiger partial charge >= 0.3 is 0 Å². The van der Waals surface area contributed by atoms with Gasteiger partial charge in [-0.2, -0.15) is 10.4 Å². The number of benzene rings is 1. The van der Waals surface area contributed by atoms with Gasteiger partial charge in [-0.05, 0) is 24.3 Å². The number of thiazole rings is 1. The third-order valence-electron chi connectivity index (χ3n) is 3.04. The van der Waals surface area contributed by atoms with Crippen LogP contribution in [0.1, 0.15) is 10.5 Å². The number of Topliss-reactive ketones (excluding diaryl/α,β-unsaturated/α-hetero) is 1. The fraction of sp³-hybridized carbons (Fsp3) is 0. The third-order valence-corrected chi connectivity index (χ3v) is 3.93. The number of para-hydroxylation sites is 1. The van der Waals surface area contributed by atoms with Gasteiger partial charge in [-0.15, -0.1) is 11.3 Å². The maximum atomic E-state index is 12.4. The molecule has 7 heteroatoms. The van der Waals surface area contributed by atoms with E-state index in [1.54, 1.807) is 36.0 Å². The Labute approximate surface area is 142 Å². The predicted molar refractivity (Wildman–Crippen MR) is 92.8 cm³/mol. The van der Waals surface area contributed by atoms with Crippen molar-refractivity contribution in [2.45, 2.75) is 0 Å². The number of ketones is 1. The monoisotopic (exact) mass is 333 g/mol. The van der Waals surface area contributed by atoms with E-state index < -0.39 is 5.78 Å². The molecule has 1 aromatic carbocycles. The van der Waals surface area contributed by atoms with Gasteiger partial charge in [-0.1, -0.05) is 18.2 Å². The minimum absolute atomic E-state index is 0.189. The molecule has 2 heterocycles. The van der Waals surface area contributed by atoms with Crippen molar-refractivity contribution in [1.82, 2.24) is 9.97 Å². The van der Waals surface area contributed by atoms with Crippen LogP contribution in [0.15, 0.2) is 65.3 Å². The van der Waals surface area contributed by atoms with E-state index in [9.17, 15) is 10.1 Å². The Bertz CT molecular complexity index is 913. The van der Waals surface area contributed by atoms with Gasteiger partial charge in [-0.25, -0.2) is 4.98 Å². The molecule has 0 aliphatic rings. The minimum Gasteiger partial charge on any atom is -0.284 e.